The third-order valence-electron chi connectivity index (χ3n) is 3.42. The van der Waals surface area contributed by atoms with Crippen molar-refractivity contribution < 1.29 is 0 Å². The molecule has 2 aromatic carbocycles. The van der Waals surface area contributed by atoms with E-state index in [9.17, 15) is 0 Å². The van der Waals surface area contributed by atoms with Crippen molar-refractivity contribution in [1.82, 2.24) is 15.3 Å². The van der Waals surface area contributed by atoms with Gasteiger partial charge in [0.15, 0.2) is 0 Å². The van der Waals surface area contributed by atoms with Crippen LogP contribution >= 0.6 is 27.5 Å². The van der Waals surface area contributed by atoms with Crippen molar-refractivity contribution in [3.8, 4) is 0 Å². The van der Waals surface area contributed by atoms with E-state index < -0.39 is 0 Å². The number of aromatic nitrogens is 2. The zero-order valence-corrected chi connectivity index (χ0v) is 13.9. The van der Waals surface area contributed by atoms with Crippen LogP contribution in [0.25, 0.3) is 11.0 Å². The first kappa shape index (κ1) is 14.6. The average Bonchev–Trinajstić information content (AvgIpc) is 2.92. The SMILES string of the molecule is CC(NCc1cc(Cl)ccc1Br)c1nc2ccccc2[nH]1. The summed E-state index contributed by atoms with van der Waals surface area (Å²) in [7, 11) is 0. The molecule has 0 aliphatic heterocycles. The van der Waals surface area contributed by atoms with Gasteiger partial charge in [-0.2, -0.15) is 0 Å². The summed E-state index contributed by atoms with van der Waals surface area (Å²) in [5, 5.41) is 4.20. The van der Waals surface area contributed by atoms with Gasteiger partial charge in [-0.3, -0.25) is 0 Å². The molecule has 5 heteroatoms. The summed E-state index contributed by atoms with van der Waals surface area (Å²) >= 11 is 9.58. The molecule has 2 N–H and O–H groups in total. The number of H-pyrrole nitrogens is 1. The normalized spacial score (nSPS) is 12.7. The van der Waals surface area contributed by atoms with E-state index in [0.29, 0.717) is 0 Å². The van der Waals surface area contributed by atoms with E-state index in [-0.39, 0.29) is 6.04 Å². The number of benzene rings is 2. The highest BCUT2D eigenvalue weighted by Gasteiger charge is 2.11. The summed E-state index contributed by atoms with van der Waals surface area (Å²) in [6.07, 6.45) is 0. The third-order valence-corrected chi connectivity index (χ3v) is 4.43. The minimum Gasteiger partial charge on any atom is -0.341 e. The zero-order chi connectivity index (χ0) is 14.8. The molecule has 21 heavy (non-hydrogen) atoms. The fourth-order valence-electron chi connectivity index (χ4n) is 2.22. The molecular weight excluding hydrogens is 350 g/mol. The summed E-state index contributed by atoms with van der Waals surface area (Å²) in [6, 6.07) is 14.0. The van der Waals surface area contributed by atoms with Crippen LogP contribution in [0.5, 0.6) is 0 Å². The Kier molecular flexibility index (Phi) is 4.29. The quantitative estimate of drug-likeness (QED) is 0.696. The Morgan fingerprint density at radius 1 is 1.29 bits per heavy atom. The van der Waals surface area contributed by atoms with Crippen molar-refractivity contribution in [3.63, 3.8) is 0 Å². The van der Waals surface area contributed by atoms with Crippen LogP contribution in [0.3, 0.4) is 0 Å². The Labute approximate surface area is 136 Å². The Morgan fingerprint density at radius 2 is 2.10 bits per heavy atom. The second-order valence-electron chi connectivity index (χ2n) is 4.98. The molecule has 1 unspecified atom stereocenters. The first-order valence-electron chi connectivity index (χ1n) is 6.75. The number of hydrogen-bond acceptors (Lipinski definition) is 2. The Bertz CT molecular complexity index is 736. The lowest BCUT2D eigenvalue weighted by Gasteiger charge is -2.12. The van der Waals surface area contributed by atoms with Gasteiger partial charge >= 0.3 is 0 Å². The molecule has 0 amide bonds. The molecule has 0 aliphatic carbocycles. The average molecular weight is 365 g/mol. The topological polar surface area (TPSA) is 40.7 Å². The van der Waals surface area contributed by atoms with Gasteiger partial charge in [0.25, 0.3) is 0 Å². The second-order valence-corrected chi connectivity index (χ2v) is 6.27. The molecule has 108 valence electrons. The molecular formula is C16H15BrClN3. The van der Waals surface area contributed by atoms with E-state index in [1.165, 1.54) is 0 Å². The predicted octanol–water partition coefficient (Wildman–Crippen LogP) is 4.83. The molecule has 0 radical (unpaired) electrons. The highest BCUT2D eigenvalue weighted by molar-refractivity contribution is 9.10. The second kappa shape index (κ2) is 6.18. The number of halogens is 2. The zero-order valence-electron chi connectivity index (χ0n) is 11.5. The van der Waals surface area contributed by atoms with Gasteiger partial charge in [0.05, 0.1) is 17.1 Å². The number of imidazole rings is 1. The van der Waals surface area contributed by atoms with E-state index in [1.807, 2.05) is 42.5 Å². The number of fused-ring (bicyclic) bond motifs is 1. The Hall–Kier alpha value is -1.36. The Balaban J connectivity index is 1.74. The smallest absolute Gasteiger partial charge is 0.124 e. The van der Waals surface area contributed by atoms with Crippen molar-refractivity contribution in [2.75, 3.05) is 0 Å². The maximum absolute atomic E-state index is 6.04. The van der Waals surface area contributed by atoms with Gasteiger partial charge < -0.3 is 10.3 Å². The minimum absolute atomic E-state index is 0.128. The maximum Gasteiger partial charge on any atom is 0.124 e. The molecule has 3 rings (SSSR count). The molecule has 0 saturated heterocycles. The summed E-state index contributed by atoms with van der Waals surface area (Å²) in [5.74, 6) is 0.939. The molecule has 3 aromatic rings. The van der Waals surface area contributed by atoms with Crippen LogP contribution in [0.2, 0.25) is 5.02 Å². The lowest BCUT2D eigenvalue weighted by Crippen LogP contribution is -2.19. The van der Waals surface area contributed by atoms with Crippen molar-refractivity contribution in [3.05, 3.63) is 63.3 Å². The van der Waals surface area contributed by atoms with Gasteiger partial charge in [-0.1, -0.05) is 39.7 Å². The molecule has 3 nitrogen and oxygen atoms in total. The van der Waals surface area contributed by atoms with E-state index in [4.69, 9.17) is 11.6 Å². The number of rotatable bonds is 4. The fourth-order valence-corrected chi connectivity index (χ4v) is 2.80. The molecule has 0 spiro atoms. The van der Waals surface area contributed by atoms with Crippen LogP contribution in [-0.2, 0) is 6.54 Å². The molecule has 0 saturated carbocycles. The van der Waals surface area contributed by atoms with Gasteiger partial charge in [0, 0.05) is 16.0 Å². The standard InChI is InChI=1S/C16H15BrClN3/c1-10(16-20-14-4-2-3-5-15(14)21-16)19-9-11-8-12(18)6-7-13(11)17/h2-8,10,19H,9H2,1H3,(H,20,21). The number of hydrogen-bond donors (Lipinski definition) is 2. The highest BCUT2D eigenvalue weighted by Crippen LogP contribution is 2.22. The first-order chi connectivity index (χ1) is 10.1. The largest absolute Gasteiger partial charge is 0.341 e. The van der Waals surface area contributed by atoms with Crippen molar-refractivity contribution in [2.45, 2.75) is 19.5 Å². The summed E-state index contributed by atoms with van der Waals surface area (Å²) < 4.78 is 1.05. The third kappa shape index (κ3) is 3.28. The molecule has 0 aliphatic rings. The van der Waals surface area contributed by atoms with Crippen LogP contribution in [0.1, 0.15) is 24.4 Å². The monoisotopic (exact) mass is 363 g/mol. The predicted molar refractivity (Wildman–Crippen MR) is 90.5 cm³/mol. The molecule has 1 heterocycles. The van der Waals surface area contributed by atoms with Gasteiger partial charge in [0.2, 0.25) is 0 Å². The molecule has 1 aromatic heterocycles. The molecule has 0 bridgehead atoms. The highest BCUT2D eigenvalue weighted by atomic mass is 79.9. The van der Waals surface area contributed by atoms with E-state index in [0.717, 1.165) is 38.5 Å². The van der Waals surface area contributed by atoms with Gasteiger partial charge in [-0.15, -0.1) is 0 Å². The van der Waals surface area contributed by atoms with Gasteiger partial charge in [-0.25, -0.2) is 4.98 Å². The number of nitrogens with one attached hydrogen (secondary N) is 2. The molecule has 0 fully saturated rings. The number of para-hydroxylation sites is 2. The van der Waals surface area contributed by atoms with Crippen molar-refractivity contribution >= 4 is 38.6 Å². The van der Waals surface area contributed by atoms with Crippen LogP contribution in [-0.4, -0.2) is 9.97 Å². The fraction of sp³-hybridized carbons (Fsp3) is 0.188. The summed E-state index contributed by atoms with van der Waals surface area (Å²) in [5.41, 5.74) is 3.18. The first-order valence-corrected chi connectivity index (χ1v) is 7.92. The lowest BCUT2D eigenvalue weighted by molar-refractivity contribution is 0.551. The lowest BCUT2D eigenvalue weighted by atomic mass is 10.2. The number of aromatic amines is 1. The maximum atomic E-state index is 6.04. The molecule has 1 atom stereocenters. The Morgan fingerprint density at radius 3 is 2.90 bits per heavy atom. The van der Waals surface area contributed by atoms with Crippen LogP contribution in [0.4, 0.5) is 0 Å². The van der Waals surface area contributed by atoms with E-state index in [2.05, 4.69) is 38.1 Å². The van der Waals surface area contributed by atoms with Crippen molar-refractivity contribution in [2.24, 2.45) is 0 Å². The summed E-state index contributed by atoms with van der Waals surface area (Å²) in [4.78, 5) is 7.96. The van der Waals surface area contributed by atoms with Gasteiger partial charge in [0.1, 0.15) is 5.82 Å². The summed E-state index contributed by atoms with van der Waals surface area (Å²) in [6.45, 7) is 2.82. The minimum atomic E-state index is 0.128. The van der Waals surface area contributed by atoms with Crippen LogP contribution in [0, 0.1) is 0 Å². The van der Waals surface area contributed by atoms with Crippen LogP contribution in [0.15, 0.2) is 46.9 Å². The van der Waals surface area contributed by atoms with Crippen LogP contribution < -0.4 is 5.32 Å². The van der Waals surface area contributed by atoms with E-state index in [1.54, 1.807) is 0 Å². The van der Waals surface area contributed by atoms with Crippen molar-refractivity contribution in [1.29, 1.82) is 0 Å². The van der Waals surface area contributed by atoms with Gasteiger partial charge in [-0.05, 0) is 42.8 Å². The van der Waals surface area contributed by atoms with E-state index >= 15 is 0 Å². The number of nitrogens with zero attached hydrogens (tertiary/aromatic N) is 1.